The molecule has 5 rings (SSSR count). The molecule has 42 heavy (non-hydrogen) atoms. The summed E-state index contributed by atoms with van der Waals surface area (Å²) in [6, 6.07) is 9.21. The number of aromatic amines is 1. The first-order chi connectivity index (χ1) is 19.9. The number of amides is 3. The molecule has 2 aliphatic heterocycles. The average Bonchev–Trinajstić information content (AvgIpc) is 2.94. The lowest BCUT2D eigenvalue weighted by Crippen LogP contribution is -2.47. The summed E-state index contributed by atoms with van der Waals surface area (Å²) >= 11 is 18.7. The van der Waals surface area contributed by atoms with E-state index in [9.17, 15) is 23.2 Å². The highest BCUT2D eigenvalue weighted by molar-refractivity contribution is 7.99. The summed E-state index contributed by atoms with van der Waals surface area (Å²) in [7, 11) is 3.26. The van der Waals surface area contributed by atoms with E-state index in [2.05, 4.69) is 4.98 Å². The Bertz CT molecular complexity index is 1610. The number of rotatable bonds is 6. The molecule has 1 fully saturated rings. The monoisotopic (exact) mass is 656 g/mol. The summed E-state index contributed by atoms with van der Waals surface area (Å²) < 4.78 is 33.7. The summed E-state index contributed by atoms with van der Waals surface area (Å²) in [6.45, 7) is 1.53. The van der Waals surface area contributed by atoms with Crippen LogP contribution in [0.2, 0.25) is 10.0 Å². The Balaban J connectivity index is 1.53. The summed E-state index contributed by atoms with van der Waals surface area (Å²) in [6.07, 6.45) is 1.23. The van der Waals surface area contributed by atoms with Crippen LogP contribution in [0.3, 0.4) is 0 Å². The van der Waals surface area contributed by atoms with Crippen molar-refractivity contribution in [3.63, 3.8) is 0 Å². The minimum atomic E-state index is -3.89. The Morgan fingerprint density at radius 2 is 1.79 bits per heavy atom. The topological polar surface area (TPSA) is 85.9 Å². The quantitative estimate of drug-likeness (QED) is 0.303. The van der Waals surface area contributed by atoms with Crippen LogP contribution in [-0.2, 0) is 18.3 Å². The molecule has 14 heteroatoms. The Hall–Kier alpha value is -2.99. The van der Waals surface area contributed by atoms with E-state index in [0.717, 1.165) is 35.4 Å². The number of hydrogen-bond donors (Lipinski definition) is 1. The van der Waals surface area contributed by atoms with Gasteiger partial charge in [-0.25, -0.2) is 4.79 Å². The number of methoxy groups -OCH3 is 1. The first-order valence-electron chi connectivity index (χ1n) is 12.9. The average molecular weight is 658 g/mol. The third kappa shape index (κ3) is 5.92. The summed E-state index contributed by atoms with van der Waals surface area (Å²) in [4.78, 5) is 47.0. The van der Waals surface area contributed by atoms with E-state index in [1.54, 1.807) is 35.0 Å². The fourth-order valence-corrected chi connectivity index (χ4v) is 6.77. The number of ether oxygens (including phenoxy) is 1. The fraction of sp³-hybridized carbons (Fsp3) is 0.321. The predicted molar refractivity (Wildman–Crippen MR) is 159 cm³/mol. The minimum absolute atomic E-state index is 0.0720. The lowest BCUT2D eigenvalue weighted by Gasteiger charge is -2.35. The van der Waals surface area contributed by atoms with Crippen molar-refractivity contribution in [1.82, 2.24) is 14.8 Å². The zero-order chi connectivity index (χ0) is 30.3. The van der Waals surface area contributed by atoms with Gasteiger partial charge >= 0.3 is 11.4 Å². The molecule has 0 unspecified atom stereocenters. The number of carbonyl (C=O) groups is 2. The van der Waals surface area contributed by atoms with Crippen LogP contribution < -0.4 is 15.2 Å². The van der Waals surface area contributed by atoms with Crippen molar-refractivity contribution in [2.24, 2.45) is 0 Å². The molecule has 2 aromatic carbocycles. The van der Waals surface area contributed by atoms with Gasteiger partial charge in [0.05, 0.1) is 22.8 Å². The molecule has 8 nitrogen and oxygen atoms in total. The maximum absolute atomic E-state index is 14.1. The molecule has 222 valence electrons. The SMILES string of the molecule is COc1cc2c(cc1N1CCCN(C)C1=O)CN(C(=O)c1c(Sc3c(Cl)cccc3Cl)cc(C(F)(F)Cl)[nH]c1=O)CC2. The summed E-state index contributed by atoms with van der Waals surface area (Å²) in [5.41, 5.74) is 0.0555. The molecule has 0 bridgehead atoms. The van der Waals surface area contributed by atoms with Crippen LogP contribution >= 0.6 is 46.6 Å². The highest BCUT2D eigenvalue weighted by atomic mass is 35.5. The zero-order valence-electron chi connectivity index (χ0n) is 22.5. The first kappa shape index (κ1) is 30.5. The molecule has 1 N–H and O–H groups in total. The van der Waals surface area contributed by atoms with E-state index < -0.39 is 22.5 Å². The second-order valence-corrected chi connectivity index (χ2v) is 12.2. The van der Waals surface area contributed by atoms with Crippen LogP contribution in [0.25, 0.3) is 0 Å². The molecule has 0 saturated carbocycles. The van der Waals surface area contributed by atoms with Crippen molar-refractivity contribution in [2.75, 3.05) is 38.7 Å². The second-order valence-electron chi connectivity index (χ2n) is 9.88. The van der Waals surface area contributed by atoms with Gasteiger partial charge in [0.25, 0.3) is 11.5 Å². The van der Waals surface area contributed by atoms with Crippen LogP contribution in [0.15, 0.2) is 51.0 Å². The molecule has 0 atom stereocenters. The van der Waals surface area contributed by atoms with Crippen molar-refractivity contribution in [2.45, 2.75) is 34.6 Å². The number of anilines is 1. The Kier molecular flexibility index (Phi) is 8.67. The third-order valence-corrected chi connectivity index (χ3v) is 9.41. The van der Waals surface area contributed by atoms with Crippen molar-refractivity contribution >= 4 is 64.2 Å². The second kappa shape index (κ2) is 11.9. The van der Waals surface area contributed by atoms with E-state index in [4.69, 9.17) is 39.5 Å². The maximum atomic E-state index is 14.1. The number of hydrogen-bond acceptors (Lipinski definition) is 5. The molecule has 3 heterocycles. The van der Waals surface area contributed by atoms with Crippen LogP contribution in [0.5, 0.6) is 5.75 Å². The zero-order valence-corrected chi connectivity index (χ0v) is 25.6. The Labute approximate surface area is 259 Å². The highest BCUT2D eigenvalue weighted by Gasteiger charge is 2.34. The number of nitrogens with zero attached hydrogens (tertiary/aromatic N) is 3. The lowest BCUT2D eigenvalue weighted by atomic mass is 9.97. The fourth-order valence-electron chi connectivity index (χ4n) is 5.03. The van der Waals surface area contributed by atoms with E-state index >= 15 is 0 Å². The van der Waals surface area contributed by atoms with Crippen LogP contribution in [0.1, 0.15) is 33.6 Å². The van der Waals surface area contributed by atoms with Crippen molar-refractivity contribution in [1.29, 1.82) is 0 Å². The van der Waals surface area contributed by atoms with E-state index in [1.165, 1.54) is 12.0 Å². The largest absolute Gasteiger partial charge is 0.495 e. The van der Waals surface area contributed by atoms with Gasteiger partial charge in [0.1, 0.15) is 17.0 Å². The van der Waals surface area contributed by atoms with Crippen molar-refractivity contribution in [3.8, 4) is 5.75 Å². The van der Waals surface area contributed by atoms with E-state index in [0.29, 0.717) is 35.8 Å². The first-order valence-corrected chi connectivity index (χ1v) is 14.8. The van der Waals surface area contributed by atoms with Gasteiger partial charge < -0.3 is 19.5 Å². The number of halogens is 5. The molecule has 0 radical (unpaired) electrons. The van der Waals surface area contributed by atoms with Gasteiger partial charge in [-0.3, -0.25) is 14.5 Å². The van der Waals surface area contributed by atoms with Gasteiger partial charge in [-0.2, -0.15) is 8.78 Å². The van der Waals surface area contributed by atoms with Crippen molar-refractivity contribution < 1.29 is 23.1 Å². The molecule has 1 aromatic heterocycles. The summed E-state index contributed by atoms with van der Waals surface area (Å²) in [5.74, 6) is -0.121. The van der Waals surface area contributed by atoms with Crippen LogP contribution in [-0.4, -0.2) is 60.5 Å². The molecule has 0 aliphatic carbocycles. The number of urea groups is 1. The van der Waals surface area contributed by atoms with Gasteiger partial charge in [0, 0.05) is 43.0 Å². The molecule has 3 amide bonds. The number of fused-ring (bicyclic) bond motifs is 1. The van der Waals surface area contributed by atoms with Gasteiger partial charge in [-0.15, -0.1) is 0 Å². The number of carbonyl (C=O) groups excluding carboxylic acids is 2. The lowest BCUT2D eigenvalue weighted by molar-refractivity contribution is 0.0724. The van der Waals surface area contributed by atoms with Gasteiger partial charge in [0.2, 0.25) is 0 Å². The van der Waals surface area contributed by atoms with Crippen LogP contribution in [0, 0.1) is 0 Å². The Morgan fingerprint density at radius 3 is 2.45 bits per heavy atom. The van der Waals surface area contributed by atoms with Crippen molar-refractivity contribution in [3.05, 3.63) is 79.2 Å². The summed E-state index contributed by atoms with van der Waals surface area (Å²) in [5, 5.41) is -3.45. The molecule has 3 aromatic rings. The number of pyridine rings is 1. The van der Waals surface area contributed by atoms with Gasteiger partial charge in [-0.1, -0.05) is 41.0 Å². The van der Waals surface area contributed by atoms with Gasteiger partial charge in [0.15, 0.2) is 0 Å². The number of aromatic nitrogens is 1. The number of nitrogens with one attached hydrogen (secondary N) is 1. The number of H-pyrrole nitrogens is 1. The maximum Gasteiger partial charge on any atom is 0.362 e. The molecular weight excluding hydrogens is 633 g/mol. The molecule has 0 spiro atoms. The highest BCUT2D eigenvalue weighted by Crippen LogP contribution is 2.42. The van der Waals surface area contributed by atoms with E-state index in [1.807, 2.05) is 12.1 Å². The number of benzene rings is 2. The predicted octanol–water partition coefficient (Wildman–Crippen LogP) is 6.59. The Morgan fingerprint density at radius 1 is 1.07 bits per heavy atom. The molecular formula is C28H25Cl3F2N4O4S. The van der Waals surface area contributed by atoms with Gasteiger partial charge in [-0.05, 0) is 65.9 Å². The smallest absolute Gasteiger partial charge is 0.362 e. The molecule has 2 aliphatic rings. The van der Waals surface area contributed by atoms with E-state index in [-0.39, 0.29) is 39.6 Å². The minimum Gasteiger partial charge on any atom is -0.495 e. The standard InChI is InChI=1S/C28H25Cl3F2N4O4S/c1-35-8-4-9-37(27(35)40)19-11-16-14-36(10-7-15(16)12-20(19)41-2)26(39)23-21(13-22(28(31,32)33)34-25(23)38)42-24-17(29)5-3-6-18(24)30/h3,5-6,11-13H,4,7-10,14H2,1-2H3,(H,34,38). The normalized spacial score (nSPS) is 15.6. The third-order valence-electron chi connectivity index (χ3n) is 7.17. The number of alkyl halides is 3. The molecule has 1 saturated heterocycles. The van der Waals surface area contributed by atoms with Crippen LogP contribution in [0.4, 0.5) is 19.3 Å².